The van der Waals surface area contributed by atoms with Gasteiger partial charge in [-0.15, -0.1) is 0 Å². The molecule has 0 saturated carbocycles. The van der Waals surface area contributed by atoms with Crippen LogP contribution in [0.1, 0.15) is 15.9 Å². The Labute approximate surface area is 162 Å². The second kappa shape index (κ2) is 8.13. The first-order valence-electron chi connectivity index (χ1n) is 8.61. The van der Waals surface area contributed by atoms with Crippen molar-refractivity contribution in [3.63, 3.8) is 0 Å². The van der Waals surface area contributed by atoms with E-state index >= 15 is 0 Å². The van der Waals surface area contributed by atoms with E-state index in [0.29, 0.717) is 23.8 Å². The highest BCUT2D eigenvalue weighted by Gasteiger charge is 2.21. The molecule has 1 aliphatic heterocycles. The Hall–Kier alpha value is -3.00. The number of aryl methyl sites for hydroxylation is 1. The zero-order chi connectivity index (χ0) is 19.4. The van der Waals surface area contributed by atoms with Gasteiger partial charge in [0.15, 0.2) is 5.11 Å². The van der Waals surface area contributed by atoms with Crippen molar-refractivity contribution in [3.05, 3.63) is 69.8 Å². The maximum absolute atomic E-state index is 12.4. The number of carbonyl (C=O) groups is 1. The summed E-state index contributed by atoms with van der Waals surface area (Å²) in [6.07, 6.45) is 0. The van der Waals surface area contributed by atoms with Crippen molar-refractivity contribution in [1.29, 1.82) is 0 Å². The van der Waals surface area contributed by atoms with Gasteiger partial charge in [-0.25, -0.2) is 0 Å². The summed E-state index contributed by atoms with van der Waals surface area (Å²) >= 11 is 5.40. The fourth-order valence-electron chi connectivity index (χ4n) is 3.02. The van der Waals surface area contributed by atoms with Crippen LogP contribution in [-0.2, 0) is 0 Å². The van der Waals surface area contributed by atoms with Crippen LogP contribution < -0.4 is 10.2 Å². The van der Waals surface area contributed by atoms with Crippen LogP contribution in [0.15, 0.2) is 48.5 Å². The smallest absolute Gasteiger partial charge is 0.269 e. The van der Waals surface area contributed by atoms with Crippen molar-refractivity contribution >= 4 is 34.6 Å². The Balaban J connectivity index is 1.55. The van der Waals surface area contributed by atoms with Crippen LogP contribution in [0.3, 0.4) is 0 Å². The first kappa shape index (κ1) is 18.8. The van der Waals surface area contributed by atoms with E-state index in [2.05, 4.69) is 10.2 Å². The number of hydrogen-bond acceptors (Lipinski definition) is 5. The molecular formula is C19H20N4O3S. The van der Waals surface area contributed by atoms with Crippen molar-refractivity contribution in [1.82, 2.24) is 10.2 Å². The van der Waals surface area contributed by atoms with Crippen LogP contribution in [-0.4, -0.2) is 47.0 Å². The van der Waals surface area contributed by atoms with E-state index in [9.17, 15) is 14.9 Å². The van der Waals surface area contributed by atoms with Crippen molar-refractivity contribution in [2.75, 3.05) is 31.1 Å². The van der Waals surface area contributed by atoms with Gasteiger partial charge in [-0.3, -0.25) is 20.2 Å². The lowest BCUT2D eigenvalue weighted by Gasteiger charge is -2.37. The number of nitrogens with zero attached hydrogens (tertiary/aromatic N) is 3. The zero-order valence-corrected chi connectivity index (χ0v) is 15.7. The highest BCUT2D eigenvalue weighted by atomic mass is 32.1. The predicted molar refractivity (Wildman–Crippen MR) is 108 cm³/mol. The van der Waals surface area contributed by atoms with E-state index in [-0.39, 0.29) is 11.6 Å². The molecule has 1 heterocycles. The summed E-state index contributed by atoms with van der Waals surface area (Å²) < 4.78 is 0. The quantitative estimate of drug-likeness (QED) is 0.498. The molecule has 1 saturated heterocycles. The van der Waals surface area contributed by atoms with Crippen molar-refractivity contribution < 1.29 is 9.72 Å². The molecule has 0 atom stereocenters. The molecule has 2 aromatic carbocycles. The third kappa shape index (κ3) is 4.40. The van der Waals surface area contributed by atoms with Crippen molar-refractivity contribution in [2.45, 2.75) is 6.92 Å². The number of anilines is 1. The third-order valence-corrected chi connectivity index (χ3v) is 4.96. The normalized spacial score (nSPS) is 14.0. The van der Waals surface area contributed by atoms with E-state index in [1.54, 1.807) is 18.2 Å². The van der Waals surface area contributed by atoms with Crippen LogP contribution in [0, 0.1) is 17.0 Å². The molecule has 0 unspecified atom stereocenters. The second-order valence-corrected chi connectivity index (χ2v) is 6.71. The van der Waals surface area contributed by atoms with Gasteiger partial charge >= 0.3 is 0 Å². The number of amides is 1. The molecule has 2 aromatic rings. The number of benzene rings is 2. The van der Waals surface area contributed by atoms with Crippen LogP contribution in [0.25, 0.3) is 0 Å². The van der Waals surface area contributed by atoms with E-state index in [0.717, 1.165) is 24.3 Å². The summed E-state index contributed by atoms with van der Waals surface area (Å²) in [5.74, 6) is -0.198. The lowest BCUT2D eigenvalue weighted by atomic mass is 10.1. The molecule has 140 valence electrons. The summed E-state index contributed by atoms with van der Waals surface area (Å²) in [7, 11) is 0. The minimum atomic E-state index is -0.405. The number of nitro benzene ring substituents is 1. The summed E-state index contributed by atoms with van der Waals surface area (Å²) in [6.45, 7) is 4.67. The predicted octanol–water partition coefficient (Wildman–Crippen LogP) is 2.74. The van der Waals surface area contributed by atoms with E-state index < -0.39 is 4.92 Å². The molecule has 0 aliphatic carbocycles. The number of hydrogen-bond donors (Lipinski definition) is 1. The summed E-state index contributed by atoms with van der Waals surface area (Å²) in [4.78, 5) is 26.9. The molecule has 8 heteroatoms. The van der Waals surface area contributed by atoms with Gasteiger partial charge in [0.1, 0.15) is 0 Å². The number of nitrogens with one attached hydrogen (secondary N) is 1. The summed E-state index contributed by atoms with van der Waals surface area (Å²) in [6, 6.07) is 13.9. The molecule has 1 N–H and O–H groups in total. The Morgan fingerprint density at radius 2 is 1.70 bits per heavy atom. The van der Waals surface area contributed by atoms with Gasteiger partial charge in [-0.2, -0.15) is 0 Å². The number of piperazine rings is 1. The van der Waals surface area contributed by atoms with Gasteiger partial charge in [-0.05, 0) is 42.9 Å². The van der Waals surface area contributed by atoms with E-state index in [1.807, 2.05) is 30.0 Å². The number of rotatable bonds is 3. The molecule has 7 nitrogen and oxygen atoms in total. The van der Waals surface area contributed by atoms with E-state index in [1.165, 1.54) is 12.1 Å². The maximum atomic E-state index is 12.4. The average molecular weight is 384 g/mol. The van der Waals surface area contributed by atoms with Crippen LogP contribution in [0.2, 0.25) is 0 Å². The monoisotopic (exact) mass is 384 g/mol. The first-order valence-corrected chi connectivity index (χ1v) is 9.02. The second-order valence-electron chi connectivity index (χ2n) is 6.32. The van der Waals surface area contributed by atoms with Gasteiger partial charge in [0.2, 0.25) is 0 Å². The third-order valence-electron chi connectivity index (χ3n) is 4.60. The lowest BCUT2D eigenvalue weighted by molar-refractivity contribution is -0.384. The number of thiocarbonyl (C=S) groups is 1. The maximum Gasteiger partial charge on any atom is 0.269 e. The zero-order valence-electron chi connectivity index (χ0n) is 14.9. The number of carbonyl (C=O) groups excluding carboxylic acids is 1. The molecule has 0 aromatic heterocycles. The highest BCUT2D eigenvalue weighted by Crippen LogP contribution is 2.20. The van der Waals surface area contributed by atoms with Gasteiger partial charge < -0.3 is 9.80 Å². The fraction of sp³-hybridized carbons (Fsp3) is 0.263. The molecule has 0 spiro atoms. The van der Waals surface area contributed by atoms with Crippen LogP contribution in [0.4, 0.5) is 11.4 Å². The van der Waals surface area contributed by atoms with Gasteiger partial charge in [0.25, 0.3) is 11.6 Å². The molecular weight excluding hydrogens is 364 g/mol. The minimum Gasteiger partial charge on any atom is -0.368 e. The van der Waals surface area contributed by atoms with Gasteiger partial charge in [0.05, 0.1) is 4.92 Å². The summed E-state index contributed by atoms with van der Waals surface area (Å²) in [5.41, 5.74) is 2.54. The largest absolute Gasteiger partial charge is 0.368 e. The topological polar surface area (TPSA) is 78.7 Å². The highest BCUT2D eigenvalue weighted by molar-refractivity contribution is 7.80. The molecule has 1 aliphatic rings. The molecule has 27 heavy (non-hydrogen) atoms. The average Bonchev–Trinajstić information content (AvgIpc) is 2.68. The molecule has 1 amide bonds. The number of nitro groups is 1. The Morgan fingerprint density at radius 1 is 1.07 bits per heavy atom. The molecule has 0 bridgehead atoms. The van der Waals surface area contributed by atoms with Crippen LogP contribution >= 0.6 is 12.2 Å². The van der Waals surface area contributed by atoms with Gasteiger partial charge in [0, 0.05) is 49.6 Å². The standard InChI is InChI=1S/C19H20N4O3S/c1-14-4-2-3-5-17(14)18(24)20-19(27)22-12-10-21(11-13-22)15-6-8-16(9-7-15)23(25)26/h2-9H,10-13H2,1H3,(H,20,24,27). The number of non-ortho nitro benzene ring substituents is 1. The van der Waals surface area contributed by atoms with Gasteiger partial charge in [-0.1, -0.05) is 18.2 Å². The van der Waals surface area contributed by atoms with Crippen molar-refractivity contribution in [3.8, 4) is 0 Å². The fourth-order valence-corrected chi connectivity index (χ4v) is 3.30. The van der Waals surface area contributed by atoms with Crippen LogP contribution in [0.5, 0.6) is 0 Å². The van der Waals surface area contributed by atoms with E-state index in [4.69, 9.17) is 12.2 Å². The first-order chi connectivity index (χ1) is 13.0. The Morgan fingerprint density at radius 3 is 2.30 bits per heavy atom. The summed E-state index contributed by atoms with van der Waals surface area (Å²) in [5, 5.41) is 14.0. The SMILES string of the molecule is Cc1ccccc1C(=O)NC(=S)N1CCN(c2ccc([N+](=O)[O-])cc2)CC1. The molecule has 0 radical (unpaired) electrons. The Bertz CT molecular complexity index is 862. The van der Waals surface area contributed by atoms with Crippen molar-refractivity contribution in [2.24, 2.45) is 0 Å². The Kier molecular flexibility index (Phi) is 5.66. The minimum absolute atomic E-state index is 0.0810. The molecule has 1 fully saturated rings. The lowest BCUT2D eigenvalue weighted by Crippen LogP contribution is -2.52. The molecule has 3 rings (SSSR count).